The molecule has 3 aromatic rings. The number of benzene rings is 3. The fourth-order valence-corrected chi connectivity index (χ4v) is 3.86. The third kappa shape index (κ3) is 5.43. The molecule has 29 heavy (non-hydrogen) atoms. The molecule has 0 unspecified atom stereocenters. The van der Waals surface area contributed by atoms with E-state index in [0.29, 0.717) is 35.4 Å². The van der Waals surface area contributed by atoms with Crippen molar-refractivity contribution in [2.45, 2.75) is 13.2 Å². The number of nitrogens with one attached hydrogen (secondary N) is 1. The molecule has 0 aromatic heterocycles. The van der Waals surface area contributed by atoms with Gasteiger partial charge in [-0.25, -0.2) is 0 Å². The highest BCUT2D eigenvalue weighted by molar-refractivity contribution is 9.10. The predicted octanol–water partition coefficient (Wildman–Crippen LogP) is 7.31. The Morgan fingerprint density at radius 1 is 1.03 bits per heavy atom. The summed E-state index contributed by atoms with van der Waals surface area (Å²) >= 11 is 21.6. The second-order valence-electron chi connectivity index (χ2n) is 6.12. The van der Waals surface area contributed by atoms with Crippen molar-refractivity contribution < 1.29 is 14.6 Å². The highest BCUT2D eigenvalue weighted by Gasteiger charge is 2.16. The summed E-state index contributed by atoms with van der Waals surface area (Å²) in [5.41, 5.74) is 2.45. The smallest absolute Gasteiger partial charge is 0.167 e. The van der Waals surface area contributed by atoms with Gasteiger partial charge in [0.1, 0.15) is 6.61 Å². The fourth-order valence-electron chi connectivity index (χ4n) is 2.71. The first-order valence-corrected chi connectivity index (χ1v) is 10.5. The van der Waals surface area contributed by atoms with E-state index in [1.165, 1.54) is 0 Å². The van der Waals surface area contributed by atoms with Gasteiger partial charge in [0.25, 0.3) is 0 Å². The van der Waals surface area contributed by atoms with Crippen LogP contribution in [-0.2, 0) is 13.2 Å². The molecule has 0 atom stereocenters. The second kappa shape index (κ2) is 9.81. The van der Waals surface area contributed by atoms with Crippen LogP contribution in [0.4, 0.5) is 5.69 Å². The van der Waals surface area contributed by atoms with Gasteiger partial charge in [-0.3, -0.25) is 0 Å². The van der Waals surface area contributed by atoms with Crippen LogP contribution in [0.3, 0.4) is 0 Å². The first-order valence-electron chi connectivity index (χ1n) is 8.53. The number of methoxy groups -OCH3 is 1. The van der Waals surface area contributed by atoms with E-state index in [1.54, 1.807) is 19.2 Å². The van der Waals surface area contributed by atoms with Crippen LogP contribution in [0.25, 0.3) is 0 Å². The first-order chi connectivity index (χ1) is 13.9. The van der Waals surface area contributed by atoms with E-state index in [9.17, 15) is 5.11 Å². The van der Waals surface area contributed by atoms with E-state index in [2.05, 4.69) is 21.2 Å². The Morgan fingerprint density at radius 3 is 2.41 bits per heavy atom. The summed E-state index contributed by atoms with van der Waals surface area (Å²) in [7, 11) is 1.59. The van der Waals surface area contributed by atoms with Crippen molar-refractivity contribution in [3.8, 4) is 17.2 Å². The number of halogens is 4. The molecule has 0 aliphatic rings. The zero-order chi connectivity index (χ0) is 21.0. The third-order valence-corrected chi connectivity index (χ3v) is 5.70. The van der Waals surface area contributed by atoms with E-state index < -0.39 is 0 Å². The molecule has 0 bridgehead atoms. The minimum atomic E-state index is -0.146. The van der Waals surface area contributed by atoms with Gasteiger partial charge in [0.05, 0.1) is 17.2 Å². The zero-order valence-electron chi connectivity index (χ0n) is 15.3. The highest BCUT2D eigenvalue weighted by atomic mass is 79.9. The summed E-state index contributed by atoms with van der Waals surface area (Å²) in [4.78, 5) is 0. The van der Waals surface area contributed by atoms with E-state index in [1.807, 2.05) is 36.4 Å². The Balaban J connectivity index is 1.85. The van der Waals surface area contributed by atoms with Crippen LogP contribution >= 0.6 is 50.7 Å². The lowest BCUT2D eigenvalue weighted by Gasteiger charge is -2.18. The Hall–Kier alpha value is -1.79. The number of rotatable bonds is 7. The van der Waals surface area contributed by atoms with Gasteiger partial charge in [0.2, 0.25) is 0 Å². The number of aromatic hydroxyl groups is 1. The lowest BCUT2D eigenvalue weighted by atomic mass is 10.1. The number of phenolic OH excluding ortho intramolecular Hbond substituents is 1. The SMILES string of the molecule is COc1ccc(Br)c(CNc2cc(Cl)c(O)c(Cl)c2)c1OCc1cccc(Cl)c1. The number of ether oxygens (including phenoxy) is 2. The molecule has 8 heteroatoms. The van der Waals surface area contributed by atoms with Gasteiger partial charge in [0.15, 0.2) is 17.2 Å². The molecule has 3 rings (SSSR count). The summed E-state index contributed by atoms with van der Waals surface area (Å²) in [5.74, 6) is 1.06. The van der Waals surface area contributed by atoms with E-state index in [4.69, 9.17) is 44.3 Å². The summed E-state index contributed by atoms with van der Waals surface area (Å²) in [6.07, 6.45) is 0. The number of anilines is 1. The summed E-state index contributed by atoms with van der Waals surface area (Å²) in [5, 5.41) is 14.0. The Kier molecular flexibility index (Phi) is 7.41. The van der Waals surface area contributed by atoms with Crippen molar-refractivity contribution in [1.29, 1.82) is 0 Å². The van der Waals surface area contributed by atoms with Gasteiger partial charge < -0.3 is 19.9 Å². The Bertz CT molecular complexity index is 1010. The van der Waals surface area contributed by atoms with Crippen LogP contribution in [-0.4, -0.2) is 12.2 Å². The summed E-state index contributed by atoms with van der Waals surface area (Å²) in [6, 6.07) is 14.4. The largest absolute Gasteiger partial charge is 0.505 e. The first kappa shape index (κ1) is 21.9. The molecule has 0 fully saturated rings. The van der Waals surface area contributed by atoms with Gasteiger partial charge >= 0.3 is 0 Å². The monoisotopic (exact) mass is 515 g/mol. The van der Waals surface area contributed by atoms with Crippen LogP contribution in [0.15, 0.2) is 53.0 Å². The molecular formula is C21H17BrCl3NO3. The predicted molar refractivity (Wildman–Crippen MR) is 122 cm³/mol. The molecule has 152 valence electrons. The lowest BCUT2D eigenvalue weighted by molar-refractivity contribution is 0.281. The van der Waals surface area contributed by atoms with Crippen molar-refractivity contribution in [1.82, 2.24) is 0 Å². The van der Waals surface area contributed by atoms with Crippen LogP contribution < -0.4 is 14.8 Å². The molecule has 0 amide bonds. The molecule has 0 saturated carbocycles. The van der Waals surface area contributed by atoms with Crippen LogP contribution in [0, 0.1) is 0 Å². The number of phenols is 1. The minimum absolute atomic E-state index is 0.146. The van der Waals surface area contributed by atoms with Gasteiger partial charge in [-0.2, -0.15) is 0 Å². The maximum absolute atomic E-state index is 9.73. The van der Waals surface area contributed by atoms with Crippen LogP contribution in [0.2, 0.25) is 15.1 Å². The zero-order valence-corrected chi connectivity index (χ0v) is 19.2. The number of hydrogen-bond donors (Lipinski definition) is 2. The average Bonchev–Trinajstić information content (AvgIpc) is 2.69. The van der Waals surface area contributed by atoms with Crippen molar-refractivity contribution in [2.24, 2.45) is 0 Å². The van der Waals surface area contributed by atoms with Gasteiger partial charge in [0, 0.05) is 27.3 Å². The maximum Gasteiger partial charge on any atom is 0.167 e. The topological polar surface area (TPSA) is 50.7 Å². The van der Waals surface area contributed by atoms with Gasteiger partial charge in [-0.15, -0.1) is 0 Å². The fraction of sp³-hybridized carbons (Fsp3) is 0.143. The van der Waals surface area contributed by atoms with Crippen molar-refractivity contribution in [3.05, 3.63) is 79.2 Å². The average molecular weight is 518 g/mol. The van der Waals surface area contributed by atoms with Gasteiger partial charge in [-0.1, -0.05) is 62.9 Å². The van der Waals surface area contributed by atoms with E-state index in [-0.39, 0.29) is 15.8 Å². The molecule has 0 radical (unpaired) electrons. The number of hydrogen-bond acceptors (Lipinski definition) is 4. The van der Waals surface area contributed by atoms with Crippen molar-refractivity contribution in [3.63, 3.8) is 0 Å². The van der Waals surface area contributed by atoms with Crippen molar-refractivity contribution in [2.75, 3.05) is 12.4 Å². The van der Waals surface area contributed by atoms with Crippen LogP contribution in [0.1, 0.15) is 11.1 Å². The van der Waals surface area contributed by atoms with Crippen molar-refractivity contribution >= 4 is 56.4 Å². The van der Waals surface area contributed by atoms with Gasteiger partial charge in [-0.05, 0) is 42.0 Å². The highest BCUT2D eigenvalue weighted by Crippen LogP contribution is 2.39. The standard InChI is InChI=1S/C21H17BrCl3NO3/c1-28-19-6-5-16(22)15(10-26-14-8-17(24)20(27)18(25)9-14)21(19)29-11-12-3-2-4-13(23)7-12/h2-9,26-27H,10-11H2,1H3. The lowest BCUT2D eigenvalue weighted by Crippen LogP contribution is -2.06. The second-order valence-corrected chi connectivity index (χ2v) is 8.22. The van der Waals surface area contributed by atoms with Crippen LogP contribution in [0.5, 0.6) is 17.2 Å². The Labute approximate surface area is 192 Å². The molecule has 0 heterocycles. The molecule has 2 N–H and O–H groups in total. The summed E-state index contributed by atoms with van der Waals surface area (Å²) < 4.78 is 12.4. The molecule has 4 nitrogen and oxygen atoms in total. The molecule has 3 aromatic carbocycles. The minimum Gasteiger partial charge on any atom is -0.505 e. The molecular weight excluding hydrogens is 500 g/mol. The normalized spacial score (nSPS) is 10.7. The Morgan fingerprint density at radius 2 is 1.76 bits per heavy atom. The van der Waals surface area contributed by atoms with E-state index in [0.717, 1.165) is 15.6 Å². The quantitative estimate of drug-likeness (QED) is 0.323. The summed E-state index contributed by atoms with van der Waals surface area (Å²) in [6.45, 7) is 0.733. The molecule has 0 spiro atoms. The molecule has 0 saturated heterocycles. The molecule has 0 aliphatic heterocycles. The molecule has 0 aliphatic carbocycles. The third-order valence-electron chi connectivity index (χ3n) is 4.15. The van der Waals surface area contributed by atoms with E-state index >= 15 is 0 Å². The maximum atomic E-state index is 9.73.